The number of aliphatic hydroxyl groups excluding tert-OH is 1. The van der Waals surface area contributed by atoms with Crippen molar-refractivity contribution in [2.24, 2.45) is 59.2 Å². The van der Waals surface area contributed by atoms with Gasteiger partial charge in [0, 0.05) is 103 Å². The molecule has 3 saturated heterocycles. The fourth-order valence-electron chi connectivity index (χ4n) is 12.7. The number of ketones is 1. The first-order chi connectivity index (χ1) is 47.9. The topological polar surface area (TPSA) is 297 Å². The van der Waals surface area contributed by atoms with Crippen molar-refractivity contribution in [3.8, 4) is 5.75 Å². The zero-order valence-corrected chi connectivity index (χ0v) is 61.6. The van der Waals surface area contributed by atoms with E-state index in [2.05, 4.69) is 74.5 Å². The van der Waals surface area contributed by atoms with Crippen LogP contribution in [0.2, 0.25) is 0 Å². The number of esters is 4. The summed E-state index contributed by atoms with van der Waals surface area (Å²) in [6.45, 7) is 24.9. The summed E-state index contributed by atoms with van der Waals surface area (Å²) < 4.78 is 127. The first-order valence-corrected chi connectivity index (χ1v) is 36.6. The van der Waals surface area contributed by atoms with E-state index in [9.17, 15) is 65.4 Å². The first kappa shape index (κ1) is 87.9. The SMILES string of the molecule is CC(=O)OCC1O[C@@H](OCCCCC(=O)NCCCCC(CC(=O)C(CCCCNC(O)CCCCO[C@@H]2OC(COC(C)=O)[C@H](C)[C@H](C)C2C)NC(=O)CCCCO[C@@H]2OC(COC(C)=O)[C@H](C)[C@H](C)C2C)C(=O)NCCCCCC(=O)Oc2c(F)c(F)c(F)c(F)c2F)C(C)[C@@H](C)[C@H]1C. The predicted molar refractivity (Wildman–Crippen MR) is 361 cm³/mol. The van der Waals surface area contributed by atoms with Crippen LogP contribution >= 0.6 is 0 Å². The Morgan fingerprint density at radius 2 is 0.832 bits per heavy atom. The average molecular weight is 1450 g/mol. The van der Waals surface area contributed by atoms with Crippen molar-refractivity contribution >= 4 is 47.4 Å². The van der Waals surface area contributed by atoms with Gasteiger partial charge in [0.25, 0.3) is 0 Å². The summed E-state index contributed by atoms with van der Waals surface area (Å²) in [4.78, 5) is 102. The van der Waals surface area contributed by atoms with Crippen LogP contribution in [0.15, 0.2) is 0 Å². The molecule has 3 heterocycles. The minimum absolute atomic E-state index is 0.0396. The Morgan fingerprint density at radius 1 is 0.436 bits per heavy atom. The van der Waals surface area contributed by atoms with Crippen LogP contribution in [-0.4, -0.2) is 161 Å². The molecule has 1 aromatic carbocycles. The largest absolute Gasteiger partial charge is 0.463 e. The molecule has 0 aliphatic carbocycles. The van der Waals surface area contributed by atoms with E-state index < -0.39 is 96.2 Å². The molecule has 28 heteroatoms. The molecule has 0 bridgehead atoms. The Balaban J connectivity index is 1.36. The highest BCUT2D eigenvalue weighted by Crippen LogP contribution is 2.39. The lowest BCUT2D eigenvalue weighted by Gasteiger charge is -2.43. The van der Waals surface area contributed by atoms with Gasteiger partial charge in [-0.2, -0.15) is 8.78 Å². The molecule has 0 aromatic heterocycles. The highest BCUT2D eigenvalue weighted by Gasteiger charge is 2.43. The average Bonchev–Trinajstić information content (AvgIpc) is 0.798. The number of Topliss-reactive ketones (excluding diaryl/α,β-unsaturated/α-hetero) is 1. The third-order valence-electron chi connectivity index (χ3n) is 20.5. The lowest BCUT2D eigenvalue weighted by Crippen LogP contribution is -2.47. The van der Waals surface area contributed by atoms with Crippen LogP contribution in [0.25, 0.3) is 0 Å². The van der Waals surface area contributed by atoms with Crippen molar-refractivity contribution in [3.63, 3.8) is 0 Å². The van der Waals surface area contributed by atoms with Gasteiger partial charge in [-0.15, -0.1) is 0 Å². The highest BCUT2D eigenvalue weighted by molar-refractivity contribution is 5.92. The van der Waals surface area contributed by atoms with E-state index >= 15 is 0 Å². The Hall–Kier alpha value is -5.49. The van der Waals surface area contributed by atoms with Crippen LogP contribution in [0.1, 0.15) is 212 Å². The number of benzene rings is 1. The Kier molecular flexibility index (Phi) is 40.4. The zero-order chi connectivity index (χ0) is 74.9. The molecule has 3 amide bonds. The van der Waals surface area contributed by atoms with Gasteiger partial charge in [-0.05, 0) is 132 Å². The second-order valence-corrected chi connectivity index (χ2v) is 28.1. The Bertz CT molecular complexity index is 2710. The minimum atomic E-state index is -2.40. The molecule has 3 aliphatic heterocycles. The van der Waals surface area contributed by atoms with E-state index in [1.165, 1.54) is 20.8 Å². The maximum atomic E-state index is 14.5. The highest BCUT2D eigenvalue weighted by atomic mass is 19.2. The van der Waals surface area contributed by atoms with Gasteiger partial charge in [0.15, 0.2) is 24.7 Å². The molecule has 3 aliphatic rings. The number of nitrogens with one attached hydrogen (secondary N) is 4. The van der Waals surface area contributed by atoms with E-state index in [-0.39, 0.29) is 192 Å². The number of hydrogen-bond donors (Lipinski definition) is 5. The fourth-order valence-corrected chi connectivity index (χ4v) is 12.7. The van der Waals surface area contributed by atoms with E-state index in [1.54, 1.807) is 0 Å². The maximum absolute atomic E-state index is 14.5. The van der Waals surface area contributed by atoms with Gasteiger partial charge >= 0.3 is 23.9 Å². The summed E-state index contributed by atoms with van der Waals surface area (Å²) in [6, 6.07) is -0.989. The van der Waals surface area contributed by atoms with Gasteiger partial charge < -0.3 is 68.4 Å². The summed E-state index contributed by atoms with van der Waals surface area (Å²) in [5, 5.41) is 22.7. The van der Waals surface area contributed by atoms with Crippen molar-refractivity contribution in [2.45, 2.75) is 261 Å². The van der Waals surface area contributed by atoms with E-state index in [1.807, 2.05) is 13.8 Å². The molecule has 3 fully saturated rings. The number of hydrogen-bond acceptors (Lipinski definition) is 20. The molecule has 0 radical (unpaired) electrons. The van der Waals surface area contributed by atoms with E-state index in [4.69, 9.17) is 42.6 Å². The van der Waals surface area contributed by atoms with Crippen LogP contribution < -0.4 is 26.0 Å². The maximum Gasteiger partial charge on any atom is 0.311 e. The Labute approximate surface area is 593 Å². The number of unbranched alkanes of at least 4 members (excludes halogenated alkanes) is 7. The molecular formula is C73H117F5N4O19. The lowest BCUT2D eigenvalue weighted by atomic mass is 9.79. The predicted octanol–water partition coefficient (Wildman–Crippen LogP) is 10.5. The van der Waals surface area contributed by atoms with Crippen molar-refractivity contribution < 1.29 is 113 Å². The number of aliphatic hydroxyl groups is 1. The molecule has 1 aromatic rings. The lowest BCUT2D eigenvalue weighted by molar-refractivity contribution is -0.255. The Morgan fingerprint density at radius 3 is 1.31 bits per heavy atom. The second kappa shape index (κ2) is 46.4. The quantitative estimate of drug-likeness (QED) is 0.00592. The molecule has 18 atom stereocenters. The standard InChI is InChI=1S/C73H117F5N4O19/c1-42-45(4)57(39-95-51(10)83)98-71(48(42)7)92-35-23-17-28-60(87)79-32-21-15-26-54(70(91)81-34-20-13-14-31-63(90)101-69-67(77)65(75)64(74)66(76)68(69)78)38-56(86)55(82-62(89)30-19-25-37-94-73-50(9)44(3)47(6)59(100-73)41-97-53(12)85)27-16-22-33-80-61(88)29-18-24-36-93-72-49(8)43(2)46(5)58(99-72)40-96-52(11)84/h42-50,54-55,57-59,61,71-73,80,88H,13-41H2,1-12H3,(H,79,87)(H,81,91)(H,82,89)/t42-,43-,44-,45+,46+,47+,48?,49?,50?,54?,55?,57?,58?,59?,61?,71+,72+,73+/m0/s1. The van der Waals surface area contributed by atoms with Crippen molar-refractivity contribution in [1.82, 2.24) is 21.3 Å². The van der Waals surface area contributed by atoms with Gasteiger partial charge in [0.1, 0.15) is 26.0 Å². The number of carbonyl (C=O) groups is 8. The summed E-state index contributed by atoms with van der Waals surface area (Å²) in [6.07, 6.45) is 2.96. The fraction of sp³-hybridized carbons (Fsp3) is 0.808. The number of ether oxygens (including phenoxy) is 10. The van der Waals surface area contributed by atoms with Gasteiger partial charge in [-0.3, -0.25) is 43.7 Å². The van der Waals surface area contributed by atoms with Gasteiger partial charge in [-0.1, -0.05) is 75.2 Å². The van der Waals surface area contributed by atoms with Crippen LogP contribution in [0.3, 0.4) is 0 Å². The van der Waals surface area contributed by atoms with Gasteiger partial charge in [-0.25, -0.2) is 13.2 Å². The van der Waals surface area contributed by atoms with Crippen molar-refractivity contribution in [1.29, 1.82) is 0 Å². The summed E-state index contributed by atoms with van der Waals surface area (Å²) in [5.74, 6) is -16.5. The molecule has 9 unspecified atom stereocenters. The zero-order valence-electron chi connectivity index (χ0n) is 61.6. The number of halogens is 5. The smallest absolute Gasteiger partial charge is 0.311 e. The van der Waals surface area contributed by atoms with Crippen LogP contribution in [0, 0.1) is 88.3 Å². The third-order valence-corrected chi connectivity index (χ3v) is 20.5. The molecule has 0 spiro atoms. The van der Waals surface area contributed by atoms with Crippen molar-refractivity contribution in [2.75, 3.05) is 59.3 Å². The molecule has 5 N–H and O–H groups in total. The van der Waals surface area contributed by atoms with Gasteiger partial charge in [0.05, 0.1) is 24.4 Å². The van der Waals surface area contributed by atoms with E-state index in [0.717, 1.165) is 0 Å². The van der Waals surface area contributed by atoms with E-state index in [0.29, 0.717) is 90.4 Å². The van der Waals surface area contributed by atoms with Crippen LogP contribution in [0.4, 0.5) is 22.0 Å². The number of amides is 3. The van der Waals surface area contributed by atoms with Crippen LogP contribution in [0.5, 0.6) is 5.75 Å². The minimum Gasteiger partial charge on any atom is -0.463 e. The molecule has 578 valence electrons. The number of carbonyl (C=O) groups excluding carboxylic acids is 8. The summed E-state index contributed by atoms with van der Waals surface area (Å²) in [5.41, 5.74) is 0. The first-order valence-electron chi connectivity index (χ1n) is 36.6. The summed E-state index contributed by atoms with van der Waals surface area (Å²) >= 11 is 0. The van der Waals surface area contributed by atoms with Crippen LogP contribution in [-0.2, 0) is 81.0 Å². The molecule has 23 nitrogen and oxygen atoms in total. The molecule has 0 saturated carbocycles. The monoisotopic (exact) mass is 1450 g/mol. The van der Waals surface area contributed by atoms with Crippen molar-refractivity contribution in [3.05, 3.63) is 29.1 Å². The number of rotatable bonds is 47. The third kappa shape index (κ3) is 30.6. The molecule has 101 heavy (non-hydrogen) atoms. The molecule has 4 rings (SSSR count). The van der Waals surface area contributed by atoms with Gasteiger partial charge in [0.2, 0.25) is 52.6 Å². The molecular weight excluding hydrogens is 1330 g/mol. The normalized spacial score (nSPS) is 26.0. The summed E-state index contributed by atoms with van der Waals surface area (Å²) in [7, 11) is 0. The second-order valence-electron chi connectivity index (χ2n) is 28.1.